The normalized spacial score (nSPS) is 11.0. The van der Waals surface area contributed by atoms with Crippen LogP contribution in [-0.2, 0) is 13.0 Å². The van der Waals surface area contributed by atoms with Crippen LogP contribution < -0.4 is 5.56 Å². The number of aromatic nitrogens is 5. The standard InChI is InChI=1S/C18H14ClN5O2S/c1-2-15-20-9-13(27-15)10-24-16(25)7-6-14(22-24)17-21-18(26-23-17)11-4-3-5-12(19)8-11/h3-9H,2,10H2,1H3. The molecule has 0 radical (unpaired) electrons. The van der Waals surface area contributed by atoms with Gasteiger partial charge in [0.25, 0.3) is 11.4 Å². The Morgan fingerprint density at radius 2 is 2.15 bits per heavy atom. The number of hydrogen-bond donors (Lipinski definition) is 0. The average Bonchev–Trinajstić information content (AvgIpc) is 3.33. The predicted molar refractivity (Wildman–Crippen MR) is 103 cm³/mol. The number of aryl methyl sites for hydroxylation is 1. The smallest absolute Gasteiger partial charge is 0.267 e. The molecule has 0 fully saturated rings. The average molecular weight is 400 g/mol. The zero-order valence-corrected chi connectivity index (χ0v) is 15.9. The molecule has 0 aliphatic carbocycles. The van der Waals surface area contributed by atoms with Crippen LogP contribution in [0, 0.1) is 0 Å². The molecule has 4 rings (SSSR count). The third-order valence-electron chi connectivity index (χ3n) is 3.80. The number of benzene rings is 1. The predicted octanol–water partition coefficient (Wildman–Crippen LogP) is 3.68. The number of rotatable bonds is 5. The highest BCUT2D eigenvalue weighted by Crippen LogP contribution is 2.23. The summed E-state index contributed by atoms with van der Waals surface area (Å²) in [6.07, 6.45) is 2.64. The van der Waals surface area contributed by atoms with Gasteiger partial charge in [-0.05, 0) is 30.7 Å². The van der Waals surface area contributed by atoms with Gasteiger partial charge in [-0.1, -0.05) is 29.7 Å². The lowest BCUT2D eigenvalue weighted by Crippen LogP contribution is -2.22. The largest absolute Gasteiger partial charge is 0.334 e. The molecule has 0 saturated heterocycles. The molecule has 1 aromatic carbocycles. The molecule has 0 bridgehead atoms. The fourth-order valence-corrected chi connectivity index (χ4v) is 3.51. The summed E-state index contributed by atoms with van der Waals surface area (Å²) >= 11 is 7.57. The second-order valence-electron chi connectivity index (χ2n) is 5.72. The summed E-state index contributed by atoms with van der Waals surface area (Å²) in [5.74, 6) is 0.638. The molecule has 0 aliphatic rings. The number of nitrogens with zero attached hydrogens (tertiary/aromatic N) is 5. The van der Waals surface area contributed by atoms with Gasteiger partial charge in [0.05, 0.1) is 11.6 Å². The van der Waals surface area contributed by atoms with Gasteiger partial charge in [0.15, 0.2) is 0 Å². The molecule has 0 spiro atoms. The quantitative estimate of drug-likeness (QED) is 0.508. The highest BCUT2D eigenvalue weighted by molar-refractivity contribution is 7.11. The van der Waals surface area contributed by atoms with Crippen molar-refractivity contribution in [1.29, 1.82) is 0 Å². The highest BCUT2D eigenvalue weighted by atomic mass is 35.5. The van der Waals surface area contributed by atoms with Crippen LogP contribution in [0.2, 0.25) is 5.02 Å². The minimum atomic E-state index is -0.205. The van der Waals surface area contributed by atoms with E-state index in [0.717, 1.165) is 16.3 Å². The maximum atomic E-state index is 12.2. The van der Waals surface area contributed by atoms with Crippen molar-refractivity contribution in [2.24, 2.45) is 0 Å². The van der Waals surface area contributed by atoms with Crippen molar-refractivity contribution >= 4 is 22.9 Å². The molecule has 7 nitrogen and oxygen atoms in total. The van der Waals surface area contributed by atoms with Crippen LogP contribution in [0.15, 0.2) is 51.9 Å². The maximum Gasteiger partial charge on any atom is 0.267 e. The molecule has 0 N–H and O–H groups in total. The summed E-state index contributed by atoms with van der Waals surface area (Å²) in [7, 11) is 0. The number of thiazole rings is 1. The lowest BCUT2D eigenvalue weighted by molar-refractivity contribution is 0.432. The van der Waals surface area contributed by atoms with Crippen LogP contribution in [0.4, 0.5) is 0 Å². The first kappa shape index (κ1) is 17.6. The Labute approximate surface area is 163 Å². The van der Waals surface area contributed by atoms with Crippen molar-refractivity contribution in [2.75, 3.05) is 0 Å². The molecular formula is C18H14ClN5O2S. The van der Waals surface area contributed by atoms with E-state index in [1.165, 1.54) is 10.7 Å². The van der Waals surface area contributed by atoms with E-state index >= 15 is 0 Å². The first-order valence-corrected chi connectivity index (χ1v) is 9.43. The van der Waals surface area contributed by atoms with Gasteiger partial charge in [0, 0.05) is 27.7 Å². The Balaban J connectivity index is 1.64. The monoisotopic (exact) mass is 399 g/mol. The summed E-state index contributed by atoms with van der Waals surface area (Å²) < 4.78 is 6.68. The summed E-state index contributed by atoms with van der Waals surface area (Å²) in [4.78, 5) is 21.8. The van der Waals surface area contributed by atoms with Crippen molar-refractivity contribution in [2.45, 2.75) is 19.9 Å². The molecule has 3 aromatic heterocycles. The maximum absolute atomic E-state index is 12.2. The van der Waals surface area contributed by atoms with Gasteiger partial charge in [-0.25, -0.2) is 9.67 Å². The van der Waals surface area contributed by atoms with Crippen molar-refractivity contribution in [1.82, 2.24) is 24.9 Å². The molecule has 0 saturated carbocycles. The SMILES string of the molecule is CCc1ncc(Cn2nc(-c3noc(-c4cccc(Cl)c4)n3)ccc2=O)s1. The lowest BCUT2D eigenvalue weighted by atomic mass is 10.2. The molecule has 136 valence electrons. The molecule has 27 heavy (non-hydrogen) atoms. The second-order valence-corrected chi connectivity index (χ2v) is 7.36. The van der Waals surface area contributed by atoms with Crippen LogP contribution >= 0.6 is 22.9 Å². The molecule has 4 aromatic rings. The van der Waals surface area contributed by atoms with Gasteiger partial charge < -0.3 is 4.52 Å². The van der Waals surface area contributed by atoms with Crippen molar-refractivity contribution in [3.05, 3.63) is 67.9 Å². The van der Waals surface area contributed by atoms with Gasteiger partial charge in [-0.3, -0.25) is 4.79 Å². The van der Waals surface area contributed by atoms with Crippen LogP contribution in [0.5, 0.6) is 0 Å². The van der Waals surface area contributed by atoms with Crippen LogP contribution in [0.1, 0.15) is 16.8 Å². The molecular weight excluding hydrogens is 386 g/mol. The van der Waals surface area contributed by atoms with Gasteiger partial charge in [0.1, 0.15) is 5.69 Å². The van der Waals surface area contributed by atoms with E-state index in [1.54, 1.807) is 41.8 Å². The third kappa shape index (κ3) is 3.81. The molecule has 3 heterocycles. The van der Waals surface area contributed by atoms with Crippen molar-refractivity contribution in [3.8, 4) is 23.0 Å². The summed E-state index contributed by atoms with van der Waals surface area (Å²) in [5, 5.41) is 9.95. The molecule has 0 atom stereocenters. The minimum Gasteiger partial charge on any atom is -0.334 e. The first-order chi connectivity index (χ1) is 13.1. The summed E-state index contributed by atoms with van der Waals surface area (Å²) in [6, 6.07) is 10.2. The zero-order chi connectivity index (χ0) is 18.8. The van der Waals surface area contributed by atoms with E-state index in [2.05, 4.69) is 20.2 Å². The van der Waals surface area contributed by atoms with E-state index in [9.17, 15) is 4.79 Å². The van der Waals surface area contributed by atoms with Gasteiger partial charge in [0.2, 0.25) is 5.82 Å². The Kier molecular flexibility index (Phi) is 4.83. The fourth-order valence-electron chi connectivity index (χ4n) is 2.48. The Morgan fingerprint density at radius 3 is 2.93 bits per heavy atom. The van der Waals surface area contributed by atoms with E-state index in [1.807, 2.05) is 13.0 Å². The highest BCUT2D eigenvalue weighted by Gasteiger charge is 2.14. The Bertz CT molecular complexity index is 1150. The second kappa shape index (κ2) is 7.42. The summed E-state index contributed by atoms with van der Waals surface area (Å²) in [5.41, 5.74) is 0.960. The summed E-state index contributed by atoms with van der Waals surface area (Å²) in [6.45, 7) is 2.39. The van der Waals surface area contributed by atoms with Crippen molar-refractivity contribution < 1.29 is 4.52 Å². The number of hydrogen-bond acceptors (Lipinski definition) is 7. The first-order valence-electron chi connectivity index (χ1n) is 8.24. The third-order valence-corrected chi connectivity index (χ3v) is 5.16. The minimum absolute atomic E-state index is 0.205. The van der Waals surface area contributed by atoms with Crippen LogP contribution in [0.3, 0.4) is 0 Å². The lowest BCUT2D eigenvalue weighted by Gasteiger charge is -2.03. The zero-order valence-electron chi connectivity index (χ0n) is 14.3. The van der Waals surface area contributed by atoms with E-state index in [4.69, 9.17) is 16.1 Å². The van der Waals surface area contributed by atoms with E-state index < -0.39 is 0 Å². The molecule has 0 aliphatic heterocycles. The van der Waals surface area contributed by atoms with Gasteiger partial charge >= 0.3 is 0 Å². The van der Waals surface area contributed by atoms with Crippen LogP contribution in [-0.4, -0.2) is 24.9 Å². The number of halogens is 1. The van der Waals surface area contributed by atoms with Crippen molar-refractivity contribution in [3.63, 3.8) is 0 Å². The van der Waals surface area contributed by atoms with E-state index in [0.29, 0.717) is 34.5 Å². The van der Waals surface area contributed by atoms with Gasteiger partial charge in [-0.15, -0.1) is 11.3 Å². The molecule has 0 amide bonds. The van der Waals surface area contributed by atoms with Crippen LogP contribution in [0.25, 0.3) is 23.0 Å². The van der Waals surface area contributed by atoms with E-state index in [-0.39, 0.29) is 5.56 Å². The Hall–Kier alpha value is -2.84. The topological polar surface area (TPSA) is 86.7 Å². The van der Waals surface area contributed by atoms with Gasteiger partial charge in [-0.2, -0.15) is 10.1 Å². The Morgan fingerprint density at radius 1 is 1.26 bits per heavy atom. The molecule has 9 heteroatoms. The fraction of sp³-hybridized carbons (Fsp3) is 0.167. The molecule has 0 unspecified atom stereocenters.